The predicted molar refractivity (Wildman–Crippen MR) is 70.5 cm³/mol. The molecular weight excluding hydrogens is 264 g/mol. The number of carbonyl (C=O) groups excluding carboxylic acids is 1. The highest BCUT2D eigenvalue weighted by Crippen LogP contribution is 2.37. The first-order chi connectivity index (χ1) is 8.72. The van der Waals surface area contributed by atoms with Crippen LogP contribution in [0.4, 0.5) is 5.00 Å². The number of rotatable bonds is 0. The molecule has 0 N–H and O–H groups in total. The van der Waals surface area contributed by atoms with Gasteiger partial charge in [0.15, 0.2) is 0 Å². The summed E-state index contributed by atoms with van der Waals surface area (Å²) in [6.07, 6.45) is 1.53. The summed E-state index contributed by atoms with van der Waals surface area (Å²) < 4.78 is 0. The molecule has 2 aromatic rings. The van der Waals surface area contributed by atoms with Crippen molar-refractivity contribution in [1.82, 2.24) is 0 Å². The number of hydrogen-bond donors (Lipinski definition) is 0. The number of hydrogen-bond acceptors (Lipinski definition) is 4. The second-order valence-electron chi connectivity index (χ2n) is 3.96. The second-order valence-corrected chi connectivity index (χ2v) is 6.04. The maximum Gasteiger partial charge on any atom is 0.242 e. The lowest BCUT2D eigenvalue weighted by atomic mass is 10.1. The number of nitriles is 1. The van der Waals surface area contributed by atoms with Crippen molar-refractivity contribution in [3.05, 3.63) is 49.3 Å². The lowest BCUT2D eigenvalue weighted by Gasteiger charge is -1.94. The summed E-state index contributed by atoms with van der Waals surface area (Å²) in [4.78, 5) is 17.7. The van der Waals surface area contributed by atoms with Crippen molar-refractivity contribution in [1.29, 1.82) is 5.26 Å². The van der Waals surface area contributed by atoms with E-state index in [1.165, 1.54) is 22.7 Å². The number of nitrogens with zero attached hydrogens (tertiary/aromatic N) is 2. The van der Waals surface area contributed by atoms with Gasteiger partial charge >= 0.3 is 0 Å². The van der Waals surface area contributed by atoms with Gasteiger partial charge in [-0.25, -0.2) is 4.85 Å². The van der Waals surface area contributed by atoms with Gasteiger partial charge in [0.25, 0.3) is 0 Å². The predicted octanol–water partition coefficient (Wildman–Crippen LogP) is 3.56. The summed E-state index contributed by atoms with van der Waals surface area (Å²) in [5, 5.41) is 9.46. The van der Waals surface area contributed by atoms with Crippen molar-refractivity contribution < 1.29 is 4.79 Å². The van der Waals surface area contributed by atoms with E-state index in [-0.39, 0.29) is 5.78 Å². The molecule has 0 spiro atoms. The third-order valence-corrected chi connectivity index (χ3v) is 5.05. The molecule has 3 rings (SSSR count). The Kier molecular flexibility index (Phi) is 2.52. The minimum Gasteiger partial charge on any atom is -0.287 e. The number of carbonyl (C=O) groups is 1. The molecule has 1 aliphatic rings. The van der Waals surface area contributed by atoms with Gasteiger partial charge in [-0.05, 0) is 36.1 Å². The number of thiophene rings is 2. The van der Waals surface area contributed by atoms with Crippen molar-refractivity contribution in [2.24, 2.45) is 0 Å². The summed E-state index contributed by atoms with van der Waals surface area (Å²) in [7, 11) is 0. The summed E-state index contributed by atoms with van der Waals surface area (Å²) in [5.74, 6) is -0.0242. The van der Waals surface area contributed by atoms with Gasteiger partial charge in [0.05, 0.1) is 16.3 Å². The third-order valence-electron chi connectivity index (χ3n) is 2.90. The van der Waals surface area contributed by atoms with E-state index in [2.05, 4.69) is 10.9 Å². The number of ketones is 1. The molecule has 2 aromatic heterocycles. The molecule has 18 heavy (non-hydrogen) atoms. The molecular formula is C13H6N2OS2. The monoisotopic (exact) mass is 270 g/mol. The fourth-order valence-corrected chi connectivity index (χ4v) is 4.04. The second kappa shape index (κ2) is 4.06. The van der Waals surface area contributed by atoms with Crippen LogP contribution in [0.2, 0.25) is 0 Å². The average Bonchev–Trinajstić information content (AvgIpc) is 2.97. The highest BCUT2D eigenvalue weighted by Gasteiger charge is 2.25. The average molecular weight is 270 g/mol. The van der Waals surface area contributed by atoms with Gasteiger partial charge in [-0.15, -0.1) is 22.7 Å². The SMILES string of the molecule is [C-]#[N+]c1cc2c(s1)C(=O)c1sc(C#N)cc1CC2. The molecule has 0 bridgehead atoms. The maximum absolute atomic E-state index is 12.4. The first kappa shape index (κ1) is 11.2. The molecule has 0 radical (unpaired) electrons. The van der Waals surface area contributed by atoms with Crippen molar-refractivity contribution in [3.63, 3.8) is 0 Å². The lowest BCUT2D eigenvalue weighted by molar-refractivity contribution is 0.104. The molecule has 2 heterocycles. The molecule has 0 saturated heterocycles. The van der Waals surface area contributed by atoms with Crippen LogP contribution in [0.5, 0.6) is 0 Å². The molecule has 5 heteroatoms. The fourth-order valence-electron chi connectivity index (χ4n) is 2.08. The van der Waals surface area contributed by atoms with Gasteiger partial charge in [-0.2, -0.15) is 5.26 Å². The van der Waals surface area contributed by atoms with E-state index >= 15 is 0 Å². The minimum atomic E-state index is -0.0242. The number of aryl methyl sites for hydroxylation is 2. The maximum atomic E-state index is 12.4. The summed E-state index contributed by atoms with van der Waals surface area (Å²) >= 11 is 2.51. The Morgan fingerprint density at radius 2 is 1.89 bits per heavy atom. The van der Waals surface area contributed by atoms with Gasteiger partial charge in [0.1, 0.15) is 10.9 Å². The van der Waals surface area contributed by atoms with Crippen molar-refractivity contribution >= 4 is 33.5 Å². The zero-order valence-electron chi connectivity index (χ0n) is 9.19. The summed E-state index contributed by atoms with van der Waals surface area (Å²) in [6, 6.07) is 5.71. The summed E-state index contributed by atoms with van der Waals surface area (Å²) in [5.41, 5.74) is 1.94. The Balaban J connectivity index is 2.16. The van der Waals surface area contributed by atoms with Crippen LogP contribution in [0.3, 0.4) is 0 Å². The normalized spacial score (nSPS) is 13.1. The smallest absolute Gasteiger partial charge is 0.242 e. The largest absolute Gasteiger partial charge is 0.287 e. The van der Waals surface area contributed by atoms with Crippen molar-refractivity contribution in [2.45, 2.75) is 12.8 Å². The van der Waals surface area contributed by atoms with Crippen LogP contribution < -0.4 is 0 Å². The highest BCUT2D eigenvalue weighted by atomic mass is 32.1. The van der Waals surface area contributed by atoms with Gasteiger partial charge in [-0.3, -0.25) is 4.79 Å². The Morgan fingerprint density at radius 3 is 2.56 bits per heavy atom. The number of fused-ring (bicyclic) bond motifs is 2. The van der Waals surface area contributed by atoms with E-state index < -0.39 is 0 Å². The van der Waals surface area contributed by atoms with Gasteiger partial charge < -0.3 is 0 Å². The topological polar surface area (TPSA) is 45.2 Å². The van der Waals surface area contributed by atoms with Crippen molar-refractivity contribution in [3.8, 4) is 6.07 Å². The van der Waals surface area contributed by atoms with Gasteiger partial charge in [-0.1, -0.05) is 0 Å². The molecule has 86 valence electrons. The van der Waals surface area contributed by atoms with Crippen LogP contribution in [0.15, 0.2) is 12.1 Å². The standard InChI is InChI=1S/C13H6N2OS2/c1-15-10-5-8-3-2-7-4-9(6-14)17-12(7)11(16)13(8)18-10/h4-5H,2-3H2. The van der Waals surface area contributed by atoms with Gasteiger partial charge in [0.2, 0.25) is 10.8 Å². The van der Waals surface area contributed by atoms with Crippen LogP contribution in [0.25, 0.3) is 4.85 Å². The van der Waals surface area contributed by atoms with Gasteiger partial charge in [0, 0.05) is 0 Å². The highest BCUT2D eigenvalue weighted by molar-refractivity contribution is 7.20. The van der Waals surface area contributed by atoms with Crippen molar-refractivity contribution in [2.75, 3.05) is 0 Å². The molecule has 0 unspecified atom stereocenters. The minimum absolute atomic E-state index is 0.0242. The first-order valence-corrected chi connectivity index (χ1v) is 6.94. The molecule has 0 atom stereocenters. The molecule has 0 fully saturated rings. The van der Waals surface area contributed by atoms with E-state index in [0.29, 0.717) is 19.6 Å². The molecule has 0 amide bonds. The Labute approximate surface area is 112 Å². The van der Waals surface area contributed by atoms with Crippen LogP contribution in [-0.2, 0) is 12.8 Å². The molecule has 0 aromatic carbocycles. The van der Waals surface area contributed by atoms with E-state index in [4.69, 9.17) is 11.8 Å². The quantitative estimate of drug-likeness (QED) is 0.687. The first-order valence-electron chi connectivity index (χ1n) is 5.30. The Hall–Kier alpha value is -1.95. The zero-order chi connectivity index (χ0) is 12.7. The van der Waals surface area contributed by atoms with Crippen LogP contribution in [-0.4, -0.2) is 5.78 Å². The zero-order valence-corrected chi connectivity index (χ0v) is 10.8. The van der Waals surface area contributed by atoms with Crippen LogP contribution in [0.1, 0.15) is 30.6 Å². The van der Waals surface area contributed by atoms with Crippen LogP contribution >= 0.6 is 22.7 Å². The lowest BCUT2D eigenvalue weighted by Crippen LogP contribution is -1.97. The van der Waals surface area contributed by atoms with E-state index in [1.807, 2.05) is 12.1 Å². The molecule has 1 aliphatic carbocycles. The Morgan fingerprint density at radius 1 is 1.22 bits per heavy atom. The molecule has 3 nitrogen and oxygen atoms in total. The fraction of sp³-hybridized carbons (Fsp3) is 0.154. The third kappa shape index (κ3) is 1.57. The summed E-state index contributed by atoms with van der Waals surface area (Å²) in [6.45, 7) is 7.01. The molecule has 0 saturated carbocycles. The van der Waals surface area contributed by atoms with Crippen LogP contribution in [0, 0.1) is 17.9 Å². The van der Waals surface area contributed by atoms with E-state index in [9.17, 15) is 4.79 Å². The van der Waals surface area contributed by atoms with E-state index in [0.717, 1.165) is 24.0 Å². The molecule has 0 aliphatic heterocycles. The van der Waals surface area contributed by atoms with E-state index in [1.54, 1.807) is 0 Å². The Bertz CT molecular complexity index is 678.